The number of pyridine rings is 1. The first-order chi connectivity index (χ1) is 21.0. The molecule has 1 unspecified atom stereocenters. The number of oxazole rings is 1. The van der Waals surface area contributed by atoms with Crippen LogP contribution in [0.25, 0.3) is 11.5 Å². The zero-order chi connectivity index (χ0) is 31.4. The topological polar surface area (TPSA) is 156 Å². The van der Waals surface area contributed by atoms with Crippen LogP contribution in [0, 0.1) is 5.92 Å². The second-order valence-electron chi connectivity index (χ2n) is 9.99. The number of halogens is 3. The number of aromatic nitrogens is 4. The Kier molecular flexibility index (Phi) is 8.61. The number of benzene rings is 1. The smallest absolute Gasteiger partial charge is 0.413 e. The van der Waals surface area contributed by atoms with Crippen LogP contribution in [-0.2, 0) is 23.2 Å². The molecule has 0 spiro atoms. The molecule has 44 heavy (non-hydrogen) atoms. The van der Waals surface area contributed by atoms with Gasteiger partial charge in [-0.25, -0.2) is 14.8 Å². The van der Waals surface area contributed by atoms with E-state index in [1.54, 1.807) is 7.05 Å². The Balaban J connectivity index is 1.25. The average molecular weight is 614 g/mol. The van der Waals surface area contributed by atoms with Gasteiger partial charge in [-0.1, -0.05) is 30.3 Å². The highest BCUT2D eigenvalue weighted by atomic mass is 19.4. The summed E-state index contributed by atoms with van der Waals surface area (Å²) in [5.74, 6) is -1.37. The number of anilines is 3. The van der Waals surface area contributed by atoms with E-state index in [9.17, 15) is 32.7 Å². The van der Waals surface area contributed by atoms with Crippen molar-refractivity contribution in [3.63, 3.8) is 0 Å². The standard InChI is InChI=1S/C28H26F3N7O6/c1-36-12-20(24(35-36)37-11-18(9-23(37)39)14-43-13-17-5-3-2-4-6-17)33-25(40)21-15-44-26(34-21)19-7-8-32-22(10-19)38(27(41)42)16-28(29,30)31/h2-8,10,12,15,18H,9,11,13-14,16H2,1H3,(H,33,40)(H,41,42). The second-order valence-corrected chi connectivity index (χ2v) is 9.99. The zero-order valence-corrected chi connectivity index (χ0v) is 23.2. The molecular weight excluding hydrogens is 587 g/mol. The molecule has 1 aliphatic rings. The average Bonchev–Trinajstić information content (AvgIpc) is 3.70. The summed E-state index contributed by atoms with van der Waals surface area (Å²) in [7, 11) is 1.63. The van der Waals surface area contributed by atoms with Gasteiger partial charge in [0, 0.05) is 37.7 Å². The lowest BCUT2D eigenvalue weighted by atomic mass is 10.1. The van der Waals surface area contributed by atoms with E-state index < -0.39 is 30.5 Å². The van der Waals surface area contributed by atoms with Gasteiger partial charge < -0.3 is 19.6 Å². The summed E-state index contributed by atoms with van der Waals surface area (Å²) < 4.78 is 51.3. The number of rotatable bonds is 10. The molecule has 16 heteroatoms. The van der Waals surface area contributed by atoms with Crippen molar-refractivity contribution in [1.29, 1.82) is 0 Å². The number of hydrogen-bond acceptors (Lipinski definition) is 8. The van der Waals surface area contributed by atoms with Crippen molar-refractivity contribution >= 4 is 35.2 Å². The Bertz CT molecular complexity index is 1660. The number of carboxylic acid groups (broad SMARTS) is 1. The van der Waals surface area contributed by atoms with Gasteiger partial charge >= 0.3 is 12.3 Å². The number of hydrogen-bond donors (Lipinski definition) is 2. The molecule has 3 aromatic heterocycles. The van der Waals surface area contributed by atoms with Crippen LogP contribution in [-0.4, -0.2) is 68.6 Å². The molecular formula is C28H26F3N7O6. The molecule has 230 valence electrons. The normalized spacial score (nSPS) is 15.0. The fourth-order valence-corrected chi connectivity index (χ4v) is 4.60. The van der Waals surface area contributed by atoms with E-state index in [-0.39, 0.29) is 51.8 Å². The van der Waals surface area contributed by atoms with Gasteiger partial charge in [0.05, 0.1) is 19.4 Å². The highest BCUT2D eigenvalue weighted by Crippen LogP contribution is 2.31. The van der Waals surface area contributed by atoms with Gasteiger partial charge in [-0.15, -0.1) is 0 Å². The van der Waals surface area contributed by atoms with Gasteiger partial charge in [0.1, 0.15) is 24.3 Å². The molecule has 1 fully saturated rings. The monoisotopic (exact) mass is 613 g/mol. The van der Waals surface area contributed by atoms with Crippen molar-refractivity contribution in [1.82, 2.24) is 19.7 Å². The van der Waals surface area contributed by atoms with Crippen molar-refractivity contribution in [3.8, 4) is 11.5 Å². The highest BCUT2D eigenvalue weighted by molar-refractivity contribution is 6.06. The van der Waals surface area contributed by atoms with Crippen LogP contribution in [0.15, 0.2) is 65.5 Å². The lowest BCUT2D eigenvalue weighted by Gasteiger charge is -2.19. The minimum Gasteiger partial charge on any atom is -0.465 e. The fourth-order valence-electron chi connectivity index (χ4n) is 4.60. The Hall–Kier alpha value is -5.25. The van der Waals surface area contributed by atoms with E-state index in [2.05, 4.69) is 20.4 Å². The van der Waals surface area contributed by atoms with Crippen LogP contribution in [0.3, 0.4) is 0 Å². The SMILES string of the molecule is Cn1cc(NC(=O)c2coc(-c3ccnc(N(CC(F)(F)F)C(=O)O)c3)n2)c(N2CC(COCc3ccccc3)CC2=O)n1. The number of nitrogens with one attached hydrogen (secondary N) is 1. The summed E-state index contributed by atoms with van der Waals surface area (Å²) in [6, 6.07) is 12.0. The van der Waals surface area contributed by atoms with Crippen LogP contribution in [0.5, 0.6) is 0 Å². The van der Waals surface area contributed by atoms with Crippen molar-refractivity contribution in [2.45, 2.75) is 19.2 Å². The molecule has 1 aliphatic heterocycles. The number of carbonyl (C=O) groups excluding carboxylic acids is 2. The van der Waals surface area contributed by atoms with E-state index in [0.717, 1.165) is 24.1 Å². The Labute approximate surface area is 247 Å². The molecule has 2 N–H and O–H groups in total. The van der Waals surface area contributed by atoms with Gasteiger partial charge in [0.2, 0.25) is 11.8 Å². The first-order valence-corrected chi connectivity index (χ1v) is 13.2. The molecule has 5 rings (SSSR count). The van der Waals surface area contributed by atoms with Crippen molar-refractivity contribution in [2.24, 2.45) is 13.0 Å². The largest absolute Gasteiger partial charge is 0.465 e. The van der Waals surface area contributed by atoms with Gasteiger partial charge in [-0.3, -0.25) is 24.1 Å². The number of carbonyl (C=O) groups is 3. The molecule has 1 saturated heterocycles. The molecule has 1 aromatic carbocycles. The summed E-state index contributed by atoms with van der Waals surface area (Å²) in [6.07, 6.45) is -2.75. The summed E-state index contributed by atoms with van der Waals surface area (Å²) >= 11 is 0. The molecule has 3 amide bonds. The van der Waals surface area contributed by atoms with Crippen LogP contribution in [0.1, 0.15) is 22.5 Å². The minimum absolute atomic E-state index is 0.0314. The van der Waals surface area contributed by atoms with E-state index in [0.29, 0.717) is 19.8 Å². The van der Waals surface area contributed by atoms with Crippen LogP contribution in [0.2, 0.25) is 0 Å². The minimum atomic E-state index is -4.80. The summed E-state index contributed by atoms with van der Waals surface area (Å²) in [4.78, 5) is 46.7. The maximum absolute atomic E-state index is 13.1. The molecule has 13 nitrogen and oxygen atoms in total. The van der Waals surface area contributed by atoms with Crippen molar-refractivity contribution < 1.29 is 41.8 Å². The number of nitrogens with zero attached hydrogens (tertiary/aromatic N) is 6. The summed E-state index contributed by atoms with van der Waals surface area (Å²) in [5, 5.41) is 16.3. The molecule has 0 bridgehead atoms. The lowest BCUT2D eigenvalue weighted by Crippen LogP contribution is -2.38. The van der Waals surface area contributed by atoms with Gasteiger partial charge in [0.15, 0.2) is 11.5 Å². The first kappa shape index (κ1) is 30.2. The number of alkyl halides is 3. The van der Waals surface area contributed by atoms with Crippen LogP contribution < -0.4 is 15.1 Å². The van der Waals surface area contributed by atoms with E-state index in [1.165, 1.54) is 21.8 Å². The van der Waals surface area contributed by atoms with Gasteiger partial charge in [-0.2, -0.15) is 18.3 Å². The fraction of sp³-hybridized carbons (Fsp3) is 0.286. The van der Waals surface area contributed by atoms with Gasteiger partial charge in [0.25, 0.3) is 5.91 Å². The Morgan fingerprint density at radius 3 is 2.73 bits per heavy atom. The van der Waals surface area contributed by atoms with Crippen LogP contribution in [0.4, 0.5) is 35.3 Å². The molecule has 0 radical (unpaired) electrons. The third-order valence-corrected chi connectivity index (χ3v) is 6.56. The first-order valence-electron chi connectivity index (χ1n) is 13.2. The van der Waals surface area contributed by atoms with Gasteiger partial charge in [-0.05, 0) is 17.7 Å². The van der Waals surface area contributed by atoms with Crippen molar-refractivity contribution in [2.75, 3.05) is 34.8 Å². The van der Waals surface area contributed by atoms with Crippen LogP contribution >= 0.6 is 0 Å². The van der Waals surface area contributed by atoms with Crippen molar-refractivity contribution in [3.05, 3.63) is 72.4 Å². The molecule has 0 aliphatic carbocycles. The molecule has 4 heterocycles. The molecule has 0 saturated carbocycles. The second kappa shape index (κ2) is 12.5. The quantitative estimate of drug-likeness (QED) is 0.266. The number of amides is 3. The third-order valence-electron chi connectivity index (χ3n) is 6.56. The number of ether oxygens (including phenoxy) is 1. The maximum atomic E-state index is 13.1. The predicted molar refractivity (Wildman–Crippen MR) is 149 cm³/mol. The predicted octanol–water partition coefficient (Wildman–Crippen LogP) is 4.34. The summed E-state index contributed by atoms with van der Waals surface area (Å²) in [6.45, 7) is -0.646. The summed E-state index contributed by atoms with van der Waals surface area (Å²) in [5.41, 5.74) is 1.18. The van der Waals surface area contributed by atoms with E-state index >= 15 is 0 Å². The Morgan fingerprint density at radius 1 is 1.23 bits per heavy atom. The Morgan fingerprint density at radius 2 is 2.00 bits per heavy atom. The van der Waals surface area contributed by atoms with E-state index in [1.807, 2.05) is 30.3 Å². The molecule has 1 atom stereocenters. The third kappa shape index (κ3) is 7.20. The zero-order valence-electron chi connectivity index (χ0n) is 23.2. The highest BCUT2D eigenvalue weighted by Gasteiger charge is 2.35. The van der Waals surface area contributed by atoms with E-state index in [4.69, 9.17) is 9.15 Å². The molecule has 4 aromatic rings. The number of aryl methyl sites for hydroxylation is 1. The maximum Gasteiger partial charge on any atom is 0.413 e. The lowest BCUT2D eigenvalue weighted by molar-refractivity contribution is -0.119.